The summed E-state index contributed by atoms with van der Waals surface area (Å²) in [5.41, 5.74) is 1.13. The van der Waals surface area contributed by atoms with E-state index >= 15 is 0 Å². The Balaban J connectivity index is 1.73. The summed E-state index contributed by atoms with van der Waals surface area (Å²) < 4.78 is 0. The van der Waals surface area contributed by atoms with Crippen molar-refractivity contribution in [3.8, 4) is 0 Å². The zero-order valence-corrected chi connectivity index (χ0v) is 10.7. The van der Waals surface area contributed by atoms with Gasteiger partial charge < -0.3 is 10.6 Å². The Morgan fingerprint density at radius 2 is 2.11 bits per heavy atom. The third kappa shape index (κ3) is 3.47. The molecule has 1 fully saturated rings. The second kappa shape index (κ2) is 5.87. The maximum Gasteiger partial charge on any atom is 0.225 e. The van der Waals surface area contributed by atoms with E-state index in [0.717, 1.165) is 12.0 Å². The number of carbonyl (C=O) groups is 2. The van der Waals surface area contributed by atoms with Crippen molar-refractivity contribution in [1.82, 2.24) is 10.6 Å². The van der Waals surface area contributed by atoms with Gasteiger partial charge >= 0.3 is 0 Å². The Morgan fingerprint density at radius 1 is 1.39 bits per heavy atom. The fourth-order valence-electron chi connectivity index (χ4n) is 1.92. The smallest absolute Gasteiger partial charge is 0.225 e. The van der Waals surface area contributed by atoms with Gasteiger partial charge in [0.2, 0.25) is 11.8 Å². The highest BCUT2D eigenvalue weighted by Crippen LogP contribution is 2.10. The van der Waals surface area contributed by atoms with Crippen LogP contribution in [-0.4, -0.2) is 24.9 Å². The summed E-state index contributed by atoms with van der Waals surface area (Å²) >= 11 is 5.79. The molecule has 5 heteroatoms. The molecular weight excluding hydrogens is 252 g/mol. The molecular formula is C13H15ClN2O2. The maximum absolute atomic E-state index is 11.7. The molecule has 0 aromatic heterocycles. The molecule has 2 N–H and O–H groups in total. The minimum Gasteiger partial charge on any atom is -0.355 e. The first-order valence-corrected chi connectivity index (χ1v) is 6.32. The molecule has 1 heterocycles. The van der Waals surface area contributed by atoms with Crippen LogP contribution in [0.5, 0.6) is 0 Å². The quantitative estimate of drug-likeness (QED) is 0.859. The van der Waals surface area contributed by atoms with Crippen LogP contribution >= 0.6 is 11.6 Å². The van der Waals surface area contributed by atoms with E-state index in [4.69, 9.17) is 11.6 Å². The summed E-state index contributed by atoms with van der Waals surface area (Å²) in [6.45, 7) is 1.02. The van der Waals surface area contributed by atoms with Gasteiger partial charge in [0.25, 0.3) is 0 Å². The number of hydrogen-bond donors (Lipinski definition) is 2. The first-order valence-electron chi connectivity index (χ1n) is 5.94. The van der Waals surface area contributed by atoms with E-state index in [9.17, 15) is 9.59 Å². The molecule has 1 unspecified atom stereocenters. The lowest BCUT2D eigenvalue weighted by atomic mass is 10.1. The van der Waals surface area contributed by atoms with Crippen LogP contribution in [0.1, 0.15) is 12.0 Å². The molecule has 0 aliphatic carbocycles. The van der Waals surface area contributed by atoms with Gasteiger partial charge in [-0.25, -0.2) is 0 Å². The van der Waals surface area contributed by atoms with Gasteiger partial charge in [-0.1, -0.05) is 23.7 Å². The Hall–Kier alpha value is -1.55. The van der Waals surface area contributed by atoms with Crippen LogP contribution < -0.4 is 10.6 Å². The van der Waals surface area contributed by atoms with Crippen LogP contribution in [0.25, 0.3) is 0 Å². The van der Waals surface area contributed by atoms with Crippen molar-refractivity contribution >= 4 is 23.4 Å². The number of halogens is 1. The number of nitrogens with one attached hydrogen (secondary N) is 2. The Bertz CT molecular complexity index is 445. The SMILES string of the molecule is O=C1CC(C(=O)NCCc2ccc(Cl)cc2)CN1. The van der Waals surface area contributed by atoms with Gasteiger partial charge in [0.1, 0.15) is 0 Å². The van der Waals surface area contributed by atoms with Gasteiger partial charge in [-0.3, -0.25) is 9.59 Å². The van der Waals surface area contributed by atoms with Crippen LogP contribution in [0.2, 0.25) is 5.02 Å². The van der Waals surface area contributed by atoms with Crippen molar-refractivity contribution in [2.75, 3.05) is 13.1 Å². The number of benzene rings is 1. The predicted molar refractivity (Wildman–Crippen MR) is 69.3 cm³/mol. The highest BCUT2D eigenvalue weighted by atomic mass is 35.5. The van der Waals surface area contributed by atoms with Gasteiger partial charge in [-0.05, 0) is 24.1 Å². The van der Waals surface area contributed by atoms with Crippen LogP contribution in [0, 0.1) is 5.92 Å². The highest BCUT2D eigenvalue weighted by Gasteiger charge is 2.27. The van der Waals surface area contributed by atoms with E-state index in [-0.39, 0.29) is 17.7 Å². The average molecular weight is 267 g/mol. The second-order valence-corrected chi connectivity index (χ2v) is 4.81. The summed E-state index contributed by atoms with van der Waals surface area (Å²) in [6.07, 6.45) is 1.06. The van der Waals surface area contributed by atoms with E-state index < -0.39 is 0 Å². The van der Waals surface area contributed by atoms with Gasteiger partial charge in [0.05, 0.1) is 5.92 Å². The molecule has 18 heavy (non-hydrogen) atoms. The van der Waals surface area contributed by atoms with Gasteiger partial charge in [0.15, 0.2) is 0 Å². The molecule has 1 saturated heterocycles. The summed E-state index contributed by atoms with van der Waals surface area (Å²) in [6, 6.07) is 7.54. The number of rotatable bonds is 4. The lowest BCUT2D eigenvalue weighted by Crippen LogP contribution is -2.33. The fraction of sp³-hybridized carbons (Fsp3) is 0.385. The molecule has 1 aromatic carbocycles. The van der Waals surface area contributed by atoms with E-state index in [1.165, 1.54) is 0 Å². The van der Waals surface area contributed by atoms with Crippen LogP contribution in [-0.2, 0) is 16.0 Å². The molecule has 0 saturated carbocycles. The van der Waals surface area contributed by atoms with E-state index in [1.54, 1.807) is 0 Å². The van der Waals surface area contributed by atoms with Crippen LogP contribution in [0.3, 0.4) is 0 Å². The number of hydrogen-bond acceptors (Lipinski definition) is 2. The second-order valence-electron chi connectivity index (χ2n) is 4.37. The molecule has 4 nitrogen and oxygen atoms in total. The summed E-state index contributed by atoms with van der Waals surface area (Å²) in [5, 5.41) is 6.20. The molecule has 2 amide bonds. The zero-order chi connectivity index (χ0) is 13.0. The van der Waals surface area contributed by atoms with E-state index in [0.29, 0.717) is 24.5 Å². The topological polar surface area (TPSA) is 58.2 Å². The summed E-state index contributed by atoms with van der Waals surface area (Å²) in [7, 11) is 0. The number of amides is 2. The third-order valence-electron chi connectivity index (χ3n) is 2.97. The molecule has 1 aromatic rings. The molecule has 0 radical (unpaired) electrons. The van der Waals surface area contributed by atoms with Gasteiger partial charge in [-0.2, -0.15) is 0 Å². The molecule has 1 aliphatic rings. The first kappa shape index (κ1) is 12.9. The zero-order valence-electron chi connectivity index (χ0n) is 9.91. The van der Waals surface area contributed by atoms with Crippen molar-refractivity contribution in [3.63, 3.8) is 0 Å². The van der Waals surface area contributed by atoms with Crippen molar-refractivity contribution < 1.29 is 9.59 Å². The van der Waals surface area contributed by atoms with Gasteiger partial charge in [0, 0.05) is 24.5 Å². The van der Waals surface area contributed by atoms with Crippen LogP contribution in [0.15, 0.2) is 24.3 Å². The Labute approximate surface area is 111 Å². The van der Waals surface area contributed by atoms with Crippen LogP contribution in [0.4, 0.5) is 0 Å². The fourth-order valence-corrected chi connectivity index (χ4v) is 2.04. The highest BCUT2D eigenvalue weighted by molar-refractivity contribution is 6.30. The van der Waals surface area contributed by atoms with Crippen molar-refractivity contribution in [2.24, 2.45) is 5.92 Å². The molecule has 0 spiro atoms. The van der Waals surface area contributed by atoms with E-state index in [1.807, 2.05) is 24.3 Å². The minimum absolute atomic E-state index is 0.0483. The lowest BCUT2D eigenvalue weighted by molar-refractivity contribution is -0.126. The monoisotopic (exact) mass is 266 g/mol. The molecule has 1 aliphatic heterocycles. The molecule has 96 valence electrons. The summed E-state index contributed by atoms with van der Waals surface area (Å²) in [4.78, 5) is 22.7. The average Bonchev–Trinajstić information content (AvgIpc) is 2.78. The van der Waals surface area contributed by atoms with Crippen molar-refractivity contribution in [1.29, 1.82) is 0 Å². The van der Waals surface area contributed by atoms with Crippen molar-refractivity contribution in [2.45, 2.75) is 12.8 Å². The normalized spacial score (nSPS) is 18.5. The van der Waals surface area contributed by atoms with Crippen molar-refractivity contribution in [3.05, 3.63) is 34.9 Å². The predicted octanol–water partition coefficient (Wildman–Crippen LogP) is 1.13. The Morgan fingerprint density at radius 3 is 2.72 bits per heavy atom. The van der Waals surface area contributed by atoms with E-state index in [2.05, 4.69) is 10.6 Å². The lowest BCUT2D eigenvalue weighted by Gasteiger charge is -2.09. The molecule has 2 rings (SSSR count). The molecule has 0 bridgehead atoms. The largest absolute Gasteiger partial charge is 0.355 e. The molecule has 1 atom stereocenters. The third-order valence-corrected chi connectivity index (χ3v) is 3.23. The first-order chi connectivity index (χ1) is 8.65. The number of carbonyl (C=O) groups excluding carboxylic acids is 2. The minimum atomic E-state index is -0.220. The maximum atomic E-state index is 11.7. The Kier molecular flexibility index (Phi) is 4.20. The summed E-state index contributed by atoms with van der Waals surface area (Å²) in [5.74, 6) is -0.321. The van der Waals surface area contributed by atoms with Gasteiger partial charge in [-0.15, -0.1) is 0 Å². The standard InChI is InChI=1S/C13H15ClN2O2/c14-11-3-1-9(2-4-11)5-6-15-13(18)10-7-12(17)16-8-10/h1-4,10H,5-8H2,(H,15,18)(H,16,17).